The van der Waals surface area contributed by atoms with Crippen molar-refractivity contribution in [3.05, 3.63) is 0 Å². The van der Waals surface area contributed by atoms with Gasteiger partial charge in [-0.3, -0.25) is 0 Å². The molecule has 0 aromatic heterocycles. The standard InChI is InChI=1S/C13H27NO2S/c1-9(2)11(4)17(15,16)13-7-10(3)5-6-12(13)8-14/h9-13H,5-8,14H2,1-4H3. The van der Waals surface area contributed by atoms with E-state index in [1.807, 2.05) is 20.8 Å². The highest BCUT2D eigenvalue weighted by molar-refractivity contribution is 7.92. The first kappa shape index (κ1) is 15.0. The van der Waals surface area contributed by atoms with E-state index in [0.717, 1.165) is 19.3 Å². The van der Waals surface area contributed by atoms with Gasteiger partial charge >= 0.3 is 0 Å². The lowest BCUT2D eigenvalue weighted by Crippen LogP contribution is -2.44. The monoisotopic (exact) mass is 261 g/mol. The van der Waals surface area contributed by atoms with Gasteiger partial charge in [-0.1, -0.05) is 27.2 Å². The summed E-state index contributed by atoms with van der Waals surface area (Å²) < 4.78 is 25.2. The fourth-order valence-electron chi connectivity index (χ4n) is 2.72. The molecule has 1 saturated carbocycles. The van der Waals surface area contributed by atoms with Crippen molar-refractivity contribution in [1.82, 2.24) is 0 Å². The maximum Gasteiger partial charge on any atom is 0.156 e. The van der Waals surface area contributed by atoms with Crippen molar-refractivity contribution in [2.45, 2.75) is 57.5 Å². The molecule has 1 rings (SSSR count). The van der Waals surface area contributed by atoms with E-state index in [2.05, 4.69) is 6.92 Å². The molecule has 0 saturated heterocycles. The van der Waals surface area contributed by atoms with Crippen LogP contribution >= 0.6 is 0 Å². The molecule has 102 valence electrons. The van der Waals surface area contributed by atoms with E-state index in [4.69, 9.17) is 5.73 Å². The Hall–Kier alpha value is -0.0900. The molecule has 1 aliphatic rings. The van der Waals surface area contributed by atoms with Crippen molar-refractivity contribution in [2.75, 3.05) is 6.54 Å². The molecular formula is C13H27NO2S. The second-order valence-electron chi connectivity index (χ2n) is 5.99. The summed E-state index contributed by atoms with van der Waals surface area (Å²) in [6.45, 7) is 8.45. The van der Waals surface area contributed by atoms with Gasteiger partial charge in [-0.25, -0.2) is 8.42 Å². The molecule has 3 nitrogen and oxygen atoms in total. The summed E-state index contributed by atoms with van der Waals surface area (Å²) in [6.07, 6.45) is 2.87. The molecule has 4 unspecified atom stereocenters. The Labute approximate surface area is 106 Å². The SMILES string of the molecule is CC1CCC(CN)C(S(=O)(=O)C(C)C(C)C)C1. The molecule has 0 radical (unpaired) electrons. The van der Waals surface area contributed by atoms with E-state index < -0.39 is 9.84 Å². The molecule has 0 heterocycles. The van der Waals surface area contributed by atoms with Gasteiger partial charge in [-0.05, 0) is 44.1 Å². The summed E-state index contributed by atoms with van der Waals surface area (Å²) in [5.41, 5.74) is 5.75. The summed E-state index contributed by atoms with van der Waals surface area (Å²) in [6, 6.07) is 0. The summed E-state index contributed by atoms with van der Waals surface area (Å²) in [7, 11) is -3.04. The number of sulfone groups is 1. The van der Waals surface area contributed by atoms with Crippen LogP contribution in [0, 0.1) is 17.8 Å². The van der Waals surface area contributed by atoms with Gasteiger partial charge in [0, 0.05) is 0 Å². The van der Waals surface area contributed by atoms with Gasteiger partial charge in [0.05, 0.1) is 10.5 Å². The van der Waals surface area contributed by atoms with Crippen molar-refractivity contribution in [3.8, 4) is 0 Å². The third-order valence-corrected chi connectivity index (χ3v) is 7.37. The molecular weight excluding hydrogens is 234 g/mol. The molecule has 4 heteroatoms. The van der Waals surface area contributed by atoms with Crippen LogP contribution in [0.3, 0.4) is 0 Å². The predicted molar refractivity (Wildman–Crippen MR) is 72.6 cm³/mol. The van der Waals surface area contributed by atoms with Crippen LogP contribution in [0.2, 0.25) is 0 Å². The van der Waals surface area contributed by atoms with E-state index in [1.165, 1.54) is 0 Å². The maximum atomic E-state index is 12.6. The van der Waals surface area contributed by atoms with Gasteiger partial charge in [0.1, 0.15) is 0 Å². The molecule has 17 heavy (non-hydrogen) atoms. The van der Waals surface area contributed by atoms with E-state index in [9.17, 15) is 8.42 Å². The molecule has 0 aromatic rings. The Morgan fingerprint density at radius 3 is 2.29 bits per heavy atom. The van der Waals surface area contributed by atoms with Crippen LogP contribution in [0.15, 0.2) is 0 Å². The Morgan fingerprint density at radius 1 is 1.24 bits per heavy atom. The number of rotatable bonds is 4. The van der Waals surface area contributed by atoms with Crippen LogP contribution in [-0.4, -0.2) is 25.5 Å². The second kappa shape index (κ2) is 5.70. The van der Waals surface area contributed by atoms with Crippen molar-refractivity contribution < 1.29 is 8.42 Å². The Morgan fingerprint density at radius 2 is 1.82 bits per heavy atom. The predicted octanol–water partition coefficient (Wildman–Crippen LogP) is 2.21. The minimum atomic E-state index is -3.04. The van der Waals surface area contributed by atoms with Crippen molar-refractivity contribution in [2.24, 2.45) is 23.5 Å². The molecule has 0 spiro atoms. The first-order valence-electron chi connectivity index (χ1n) is 6.73. The third kappa shape index (κ3) is 3.22. The average Bonchev–Trinajstić information content (AvgIpc) is 2.27. The van der Waals surface area contributed by atoms with Gasteiger partial charge in [0.25, 0.3) is 0 Å². The number of nitrogens with two attached hydrogens (primary N) is 1. The van der Waals surface area contributed by atoms with Crippen LogP contribution < -0.4 is 5.73 Å². The fraction of sp³-hybridized carbons (Fsp3) is 1.00. The van der Waals surface area contributed by atoms with Crippen molar-refractivity contribution in [1.29, 1.82) is 0 Å². The van der Waals surface area contributed by atoms with Gasteiger partial charge in [0.15, 0.2) is 9.84 Å². The van der Waals surface area contributed by atoms with E-state index >= 15 is 0 Å². The Bertz CT molecular complexity index is 337. The first-order chi connectivity index (χ1) is 7.80. The largest absolute Gasteiger partial charge is 0.330 e. The van der Waals surface area contributed by atoms with Crippen LogP contribution in [0.4, 0.5) is 0 Å². The first-order valence-corrected chi connectivity index (χ1v) is 8.34. The number of hydrogen-bond acceptors (Lipinski definition) is 3. The highest BCUT2D eigenvalue weighted by Crippen LogP contribution is 2.35. The second-order valence-corrected chi connectivity index (χ2v) is 8.52. The lowest BCUT2D eigenvalue weighted by atomic mass is 9.82. The average molecular weight is 261 g/mol. The molecule has 0 bridgehead atoms. The minimum absolute atomic E-state index is 0.164. The van der Waals surface area contributed by atoms with Crippen LogP contribution in [-0.2, 0) is 9.84 Å². The topological polar surface area (TPSA) is 60.2 Å². The smallest absolute Gasteiger partial charge is 0.156 e. The van der Waals surface area contributed by atoms with Crippen molar-refractivity contribution in [3.63, 3.8) is 0 Å². The quantitative estimate of drug-likeness (QED) is 0.844. The highest BCUT2D eigenvalue weighted by Gasteiger charge is 2.40. The minimum Gasteiger partial charge on any atom is -0.330 e. The molecule has 1 fully saturated rings. The van der Waals surface area contributed by atoms with Crippen molar-refractivity contribution >= 4 is 9.84 Å². The third-order valence-electron chi connectivity index (χ3n) is 4.37. The lowest BCUT2D eigenvalue weighted by molar-refractivity contribution is 0.294. The Balaban J connectivity index is 2.94. The van der Waals surface area contributed by atoms with E-state index in [0.29, 0.717) is 12.5 Å². The zero-order valence-corrected chi connectivity index (χ0v) is 12.3. The van der Waals surface area contributed by atoms with Gasteiger partial charge in [0.2, 0.25) is 0 Å². The molecule has 0 amide bonds. The lowest BCUT2D eigenvalue weighted by Gasteiger charge is -2.36. The summed E-state index contributed by atoms with van der Waals surface area (Å²) >= 11 is 0. The fourth-order valence-corrected chi connectivity index (χ4v) is 5.41. The molecule has 2 N–H and O–H groups in total. The molecule has 0 aromatic carbocycles. The number of hydrogen-bond donors (Lipinski definition) is 1. The summed E-state index contributed by atoms with van der Waals surface area (Å²) in [5.74, 6) is 0.852. The Kier molecular flexibility index (Phi) is 5.02. The van der Waals surface area contributed by atoms with Gasteiger partial charge in [-0.15, -0.1) is 0 Å². The summed E-state index contributed by atoms with van der Waals surface area (Å²) in [5, 5.41) is -0.472. The van der Waals surface area contributed by atoms with Gasteiger partial charge in [-0.2, -0.15) is 0 Å². The molecule has 1 aliphatic carbocycles. The summed E-state index contributed by atoms with van der Waals surface area (Å²) in [4.78, 5) is 0. The molecule has 4 atom stereocenters. The zero-order chi connectivity index (χ0) is 13.2. The van der Waals surface area contributed by atoms with Crippen LogP contribution in [0.25, 0.3) is 0 Å². The van der Waals surface area contributed by atoms with Gasteiger partial charge < -0.3 is 5.73 Å². The normalized spacial score (nSPS) is 32.7. The van der Waals surface area contributed by atoms with E-state index in [-0.39, 0.29) is 22.3 Å². The maximum absolute atomic E-state index is 12.6. The van der Waals surface area contributed by atoms with E-state index in [1.54, 1.807) is 0 Å². The zero-order valence-electron chi connectivity index (χ0n) is 11.5. The molecule has 0 aliphatic heterocycles. The highest BCUT2D eigenvalue weighted by atomic mass is 32.2. The van der Waals surface area contributed by atoms with Crippen LogP contribution in [0.5, 0.6) is 0 Å². The van der Waals surface area contributed by atoms with Crippen LogP contribution in [0.1, 0.15) is 47.0 Å².